The zero-order valence-electron chi connectivity index (χ0n) is 11.7. The number of nitro groups is 1. The van der Waals surface area contributed by atoms with Crippen LogP contribution in [0.25, 0.3) is 0 Å². The van der Waals surface area contributed by atoms with Crippen LogP contribution in [0.1, 0.15) is 5.56 Å². The third kappa shape index (κ3) is 3.26. The number of hydrogen-bond donors (Lipinski definition) is 0. The molecular weight excluding hydrogens is 300 g/mol. The molecule has 1 atom stereocenters. The molecule has 0 amide bonds. The number of benzene rings is 2. The van der Waals surface area contributed by atoms with E-state index in [4.69, 9.17) is 4.74 Å². The number of ether oxygens (including phenoxy) is 1. The Morgan fingerprint density at radius 3 is 2.43 bits per heavy atom. The summed E-state index contributed by atoms with van der Waals surface area (Å²) in [5, 5.41) is 18.2. The van der Waals surface area contributed by atoms with Crippen LogP contribution in [0.4, 0.5) is 11.4 Å². The number of esters is 1. The van der Waals surface area contributed by atoms with E-state index in [2.05, 4.69) is 15.2 Å². The molecule has 8 heteroatoms. The number of cyclic esters (lactones) is 1. The first-order chi connectivity index (χ1) is 11.1. The second-order valence-electron chi connectivity index (χ2n) is 4.58. The molecule has 0 bridgehead atoms. The molecule has 114 valence electrons. The van der Waals surface area contributed by atoms with Crippen LogP contribution in [0.15, 0.2) is 69.8 Å². The summed E-state index contributed by atoms with van der Waals surface area (Å²) in [7, 11) is 0. The van der Waals surface area contributed by atoms with Crippen molar-refractivity contribution in [2.24, 2.45) is 15.2 Å². The normalized spacial score (nSPS) is 17.1. The number of non-ortho nitro benzene ring substituents is 1. The maximum absolute atomic E-state index is 11.7. The molecule has 1 aliphatic heterocycles. The summed E-state index contributed by atoms with van der Waals surface area (Å²) in [6, 6.07) is 14.5. The molecule has 1 unspecified atom stereocenters. The molecule has 0 spiro atoms. The average Bonchev–Trinajstić information content (AvgIpc) is 2.95. The molecule has 0 fully saturated rings. The van der Waals surface area contributed by atoms with E-state index in [1.807, 2.05) is 6.07 Å². The Bertz CT molecular complexity index is 800. The summed E-state index contributed by atoms with van der Waals surface area (Å²) in [5.41, 5.74) is 1.01. The second kappa shape index (κ2) is 6.14. The lowest BCUT2D eigenvalue weighted by atomic mass is 10.2. The smallest absolute Gasteiger partial charge is 0.362 e. The molecule has 2 aromatic carbocycles. The predicted octanol–water partition coefficient (Wildman–Crippen LogP) is 3.01. The van der Waals surface area contributed by atoms with Gasteiger partial charge in [-0.3, -0.25) is 10.1 Å². The Morgan fingerprint density at radius 2 is 1.78 bits per heavy atom. The van der Waals surface area contributed by atoms with E-state index in [1.165, 1.54) is 24.3 Å². The van der Waals surface area contributed by atoms with Gasteiger partial charge >= 0.3 is 5.97 Å². The highest BCUT2D eigenvalue weighted by molar-refractivity contribution is 6.06. The van der Waals surface area contributed by atoms with Gasteiger partial charge in [-0.1, -0.05) is 18.2 Å². The van der Waals surface area contributed by atoms with Gasteiger partial charge in [-0.15, -0.1) is 5.11 Å². The third-order valence-corrected chi connectivity index (χ3v) is 3.01. The van der Waals surface area contributed by atoms with Gasteiger partial charge < -0.3 is 4.74 Å². The van der Waals surface area contributed by atoms with Crippen molar-refractivity contribution in [3.63, 3.8) is 0 Å². The van der Waals surface area contributed by atoms with Gasteiger partial charge in [0.25, 0.3) is 11.9 Å². The number of carbonyl (C=O) groups is 1. The predicted molar refractivity (Wildman–Crippen MR) is 80.5 cm³/mol. The van der Waals surface area contributed by atoms with E-state index in [1.54, 1.807) is 24.3 Å². The van der Waals surface area contributed by atoms with Crippen LogP contribution in [-0.2, 0) is 9.53 Å². The van der Waals surface area contributed by atoms with Crippen LogP contribution in [0.3, 0.4) is 0 Å². The number of azo groups is 1. The number of hydrogen-bond acceptors (Lipinski definition) is 7. The highest BCUT2D eigenvalue weighted by Gasteiger charge is 2.29. The van der Waals surface area contributed by atoms with E-state index in [0.29, 0.717) is 11.3 Å². The lowest BCUT2D eigenvalue weighted by Crippen LogP contribution is -2.12. The van der Waals surface area contributed by atoms with E-state index >= 15 is 0 Å². The van der Waals surface area contributed by atoms with Crippen LogP contribution >= 0.6 is 0 Å². The van der Waals surface area contributed by atoms with Crippen LogP contribution in [0, 0.1) is 10.1 Å². The highest BCUT2D eigenvalue weighted by atomic mass is 16.6. The number of rotatable bonds is 4. The third-order valence-electron chi connectivity index (χ3n) is 3.01. The lowest BCUT2D eigenvalue weighted by molar-refractivity contribution is -0.384. The van der Waals surface area contributed by atoms with Crippen molar-refractivity contribution in [3.05, 3.63) is 70.3 Å². The summed E-state index contributed by atoms with van der Waals surface area (Å²) in [6.45, 7) is 0. The van der Waals surface area contributed by atoms with E-state index in [0.717, 1.165) is 0 Å². The van der Waals surface area contributed by atoms with Gasteiger partial charge in [-0.05, 0) is 24.3 Å². The Balaban J connectivity index is 1.75. The van der Waals surface area contributed by atoms with E-state index in [-0.39, 0.29) is 11.6 Å². The van der Waals surface area contributed by atoms with Crippen LogP contribution < -0.4 is 0 Å². The minimum Gasteiger partial charge on any atom is -0.404 e. The largest absolute Gasteiger partial charge is 0.404 e. The number of nitro benzene ring substituents is 1. The van der Waals surface area contributed by atoms with Crippen molar-refractivity contribution in [2.75, 3.05) is 0 Å². The molecule has 0 aliphatic carbocycles. The van der Waals surface area contributed by atoms with Crippen LogP contribution in [0.2, 0.25) is 0 Å². The van der Waals surface area contributed by atoms with Crippen molar-refractivity contribution < 1.29 is 14.5 Å². The Morgan fingerprint density at radius 1 is 1.09 bits per heavy atom. The quantitative estimate of drug-likeness (QED) is 0.374. The first-order valence-electron chi connectivity index (χ1n) is 6.64. The summed E-state index contributed by atoms with van der Waals surface area (Å²) in [6.07, 6.45) is -1.07. The Labute approximate surface area is 130 Å². The standard InChI is InChI=1S/C15H10N4O4/c20-15-13(16-14(23-15)10-4-2-1-3-5-10)18-17-11-6-8-12(9-7-11)19(21)22/h1-9,13H. The summed E-state index contributed by atoms with van der Waals surface area (Å²) in [4.78, 5) is 25.9. The second-order valence-corrected chi connectivity index (χ2v) is 4.58. The van der Waals surface area contributed by atoms with Gasteiger partial charge in [0.1, 0.15) is 0 Å². The molecule has 8 nitrogen and oxygen atoms in total. The SMILES string of the molecule is O=C1OC(c2ccccc2)=NC1N=Nc1ccc([N+](=O)[O-])cc1. The Hall–Kier alpha value is -3.42. The fourth-order valence-corrected chi connectivity index (χ4v) is 1.89. The van der Waals surface area contributed by atoms with E-state index in [9.17, 15) is 14.9 Å². The zero-order valence-corrected chi connectivity index (χ0v) is 11.7. The summed E-state index contributed by atoms with van der Waals surface area (Å²) < 4.78 is 5.07. The van der Waals surface area contributed by atoms with Crippen LogP contribution in [-0.4, -0.2) is 23.0 Å². The van der Waals surface area contributed by atoms with Gasteiger partial charge in [-0.25, -0.2) is 9.79 Å². The molecule has 23 heavy (non-hydrogen) atoms. The molecular formula is C15H10N4O4. The van der Waals surface area contributed by atoms with Crippen molar-refractivity contribution in [3.8, 4) is 0 Å². The minimum atomic E-state index is -1.07. The molecule has 3 rings (SSSR count). The highest BCUT2D eigenvalue weighted by Crippen LogP contribution is 2.20. The maximum atomic E-state index is 11.7. The monoisotopic (exact) mass is 310 g/mol. The molecule has 0 radical (unpaired) electrons. The number of nitrogens with zero attached hydrogens (tertiary/aromatic N) is 4. The van der Waals surface area contributed by atoms with Crippen molar-refractivity contribution in [1.29, 1.82) is 0 Å². The zero-order chi connectivity index (χ0) is 16.2. The molecule has 2 aromatic rings. The van der Waals surface area contributed by atoms with Gasteiger partial charge in [-0.2, -0.15) is 5.11 Å². The number of aliphatic imine (C=N–C) groups is 1. The van der Waals surface area contributed by atoms with Gasteiger partial charge in [0, 0.05) is 17.7 Å². The molecule has 0 N–H and O–H groups in total. The summed E-state index contributed by atoms with van der Waals surface area (Å²) in [5.74, 6) is -0.419. The molecule has 0 aromatic heterocycles. The summed E-state index contributed by atoms with van der Waals surface area (Å²) >= 11 is 0. The molecule has 0 saturated heterocycles. The van der Waals surface area contributed by atoms with Crippen molar-refractivity contribution in [2.45, 2.75) is 6.17 Å². The molecule has 0 saturated carbocycles. The average molecular weight is 310 g/mol. The molecule has 1 aliphatic rings. The van der Waals surface area contributed by atoms with Gasteiger partial charge in [0.15, 0.2) is 0 Å². The first-order valence-corrected chi connectivity index (χ1v) is 6.64. The van der Waals surface area contributed by atoms with Gasteiger partial charge in [0.05, 0.1) is 10.6 Å². The minimum absolute atomic E-state index is 0.0476. The van der Waals surface area contributed by atoms with Crippen LogP contribution in [0.5, 0.6) is 0 Å². The number of carbonyl (C=O) groups excluding carboxylic acids is 1. The lowest BCUT2D eigenvalue weighted by Gasteiger charge is -1.97. The van der Waals surface area contributed by atoms with Crippen molar-refractivity contribution in [1.82, 2.24) is 0 Å². The fourth-order valence-electron chi connectivity index (χ4n) is 1.89. The topological polar surface area (TPSA) is 107 Å². The maximum Gasteiger partial charge on any atom is 0.362 e. The molecule has 1 heterocycles. The first kappa shape index (κ1) is 14.5. The Kier molecular flexibility index (Phi) is 3.88. The van der Waals surface area contributed by atoms with E-state index < -0.39 is 17.1 Å². The van der Waals surface area contributed by atoms with Crippen molar-refractivity contribution >= 4 is 23.2 Å². The van der Waals surface area contributed by atoms with Gasteiger partial charge in [0.2, 0.25) is 5.90 Å². The fraction of sp³-hybridized carbons (Fsp3) is 0.0667.